The summed E-state index contributed by atoms with van der Waals surface area (Å²) in [4.78, 5) is 0. The van der Waals surface area contributed by atoms with Gasteiger partial charge in [0.25, 0.3) is 0 Å². The summed E-state index contributed by atoms with van der Waals surface area (Å²) in [5.74, 6) is 4.25. The highest BCUT2D eigenvalue weighted by Gasteiger charge is 2.27. The molecule has 0 saturated heterocycles. The Morgan fingerprint density at radius 2 is 2.31 bits per heavy atom. The van der Waals surface area contributed by atoms with Crippen molar-refractivity contribution >= 4 is 0 Å². The van der Waals surface area contributed by atoms with Gasteiger partial charge in [0.15, 0.2) is 0 Å². The van der Waals surface area contributed by atoms with Crippen LogP contribution in [0.15, 0.2) is 11.6 Å². The molecule has 1 rings (SSSR count). The first-order valence-electron chi connectivity index (χ1n) is 5.42. The molecule has 2 atom stereocenters. The van der Waals surface area contributed by atoms with Crippen molar-refractivity contribution in [3.8, 4) is 12.3 Å². The first-order chi connectivity index (χ1) is 6.31. The summed E-state index contributed by atoms with van der Waals surface area (Å²) in [7, 11) is 0. The van der Waals surface area contributed by atoms with Crippen molar-refractivity contribution in [2.24, 2.45) is 11.8 Å². The van der Waals surface area contributed by atoms with Crippen molar-refractivity contribution in [2.75, 3.05) is 0 Å². The molecule has 2 unspecified atom stereocenters. The molecule has 0 heterocycles. The Labute approximate surface area is 82.4 Å². The van der Waals surface area contributed by atoms with E-state index in [1.54, 1.807) is 5.57 Å². The minimum Gasteiger partial charge on any atom is -0.120 e. The van der Waals surface area contributed by atoms with Crippen molar-refractivity contribution < 1.29 is 0 Å². The Morgan fingerprint density at radius 3 is 2.85 bits per heavy atom. The lowest BCUT2D eigenvalue weighted by Gasteiger charge is -2.12. The number of allylic oxidation sites excluding steroid dienone is 2. The Kier molecular flexibility index (Phi) is 4.09. The van der Waals surface area contributed by atoms with Gasteiger partial charge in [-0.1, -0.05) is 31.4 Å². The van der Waals surface area contributed by atoms with E-state index in [0.717, 1.165) is 12.3 Å². The average Bonchev–Trinajstić information content (AvgIpc) is 2.57. The normalized spacial score (nSPS) is 30.7. The van der Waals surface area contributed by atoms with E-state index in [0.29, 0.717) is 5.92 Å². The molecule has 0 amide bonds. The number of unbranched alkanes of at least 4 members (excludes halogenated alkanes) is 1. The van der Waals surface area contributed by atoms with Gasteiger partial charge in [-0.15, -0.1) is 12.3 Å². The third-order valence-electron chi connectivity index (χ3n) is 3.13. The minimum absolute atomic E-state index is 0.526. The molecular weight excluding hydrogens is 156 g/mol. The van der Waals surface area contributed by atoms with Gasteiger partial charge in [0.05, 0.1) is 0 Å². The van der Waals surface area contributed by atoms with E-state index in [2.05, 4.69) is 25.8 Å². The number of rotatable bonds is 3. The predicted molar refractivity (Wildman–Crippen MR) is 58.3 cm³/mol. The lowest BCUT2D eigenvalue weighted by atomic mass is 9.92. The van der Waals surface area contributed by atoms with Crippen LogP contribution in [0.2, 0.25) is 0 Å². The molecule has 0 aromatic heterocycles. The third-order valence-corrected chi connectivity index (χ3v) is 3.13. The van der Waals surface area contributed by atoms with Crippen LogP contribution in [0.4, 0.5) is 0 Å². The average molecular weight is 176 g/mol. The van der Waals surface area contributed by atoms with E-state index in [4.69, 9.17) is 6.42 Å². The summed E-state index contributed by atoms with van der Waals surface area (Å²) >= 11 is 0. The highest BCUT2D eigenvalue weighted by Crippen LogP contribution is 2.38. The van der Waals surface area contributed by atoms with Gasteiger partial charge in [0, 0.05) is 5.92 Å². The van der Waals surface area contributed by atoms with Gasteiger partial charge >= 0.3 is 0 Å². The molecule has 1 aliphatic rings. The van der Waals surface area contributed by atoms with Gasteiger partial charge in [-0.2, -0.15) is 0 Å². The van der Waals surface area contributed by atoms with Crippen LogP contribution in [0, 0.1) is 24.2 Å². The molecule has 0 N–H and O–H groups in total. The van der Waals surface area contributed by atoms with Crippen molar-refractivity contribution in [3.63, 3.8) is 0 Å². The Balaban J connectivity index is 2.49. The first kappa shape index (κ1) is 10.4. The smallest absolute Gasteiger partial charge is 0.0268 e. The standard InChI is InChI=1S/C13H20/c1-4-7-8-13-10-11(5-2)9-12(13)6-3/h3,5,12-13H,4,7-10H2,1-2H3. The molecule has 1 aliphatic carbocycles. The summed E-state index contributed by atoms with van der Waals surface area (Å²) in [6.07, 6.45) is 14.1. The highest BCUT2D eigenvalue weighted by molar-refractivity contribution is 5.16. The second kappa shape index (κ2) is 5.12. The van der Waals surface area contributed by atoms with Crippen molar-refractivity contribution in [1.29, 1.82) is 0 Å². The second-order valence-corrected chi connectivity index (χ2v) is 4.03. The van der Waals surface area contributed by atoms with E-state index in [1.165, 1.54) is 25.7 Å². The Morgan fingerprint density at radius 1 is 1.54 bits per heavy atom. The van der Waals surface area contributed by atoms with E-state index < -0.39 is 0 Å². The maximum absolute atomic E-state index is 5.54. The quantitative estimate of drug-likeness (QED) is 0.453. The molecule has 1 saturated carbocycles. The maximum Gasteiger partial charge on any atom is 0.0268 e. The summed E-state index contributed by atoms with van der Waals surface area (Å²) in [6, 6.07) is 0. The monoisotopic (exact) mass is 176 g/mol. The van der Waals surface area contributed by atoms with Gasteiger partial charge in [-0.3, -0.25) is 0 Å². The lowest BCUT2D eigenvalue weighted by Crippen LogP contribution is -2.04. The van der Waals surface area contributed by atoms with Crippen LogP contribution in [-0.2, 0) is 0 Å². The molecule has 0 heteroatoms. The molecule has 0 spiro atoms. The molecule has 0 radical (unpaired) electrons. The summed E-state index contributed by atoms with van der Waals surface area (Å²) < 4.78 is 0. The van der Waals surface area contributed by atoms with Gasteiger partial charge < -0.3 is 0 Å². The molecule has 0 aromatic carbocycles. The fraction of sp³-hybridized carbons (Fsp3) is 0.692. The van der Waals surface area contributed by atoms with E-state index in [1.807, 2.05) is 0 Å². The van der Waals surface area contributed by atoms with Gasteiger partial charge in [0.1, 0.15) is 0 Å². The molecule has 1 fully saturated rings. The van der Waals surface area contributed by atoms with Crippen LogP contribution >= 0.6 is 0 Å². The lowest BCUT2D eigenvalue weighted by molar-refractivity contribution is 0.422. The zero-order chi connectivity index (χ0) is 9.68. The number of terminal acetylenes is 1. The largest absolute Gasteiger partial charge is 0.120 e. The Hall–Kier alpha value is -0.700. The van der Waals surface area contributed by atoms with Crippen LogP contribution < -0.4 is 0 Å². The topological polar surface area (TPSA) is 0 Å². The zero-order valence-corrected chi connectivity index (χ0v) is 8.84. The van der Waals surface area contributed by atoms with Gasteiger partial charge in [-0.25, -0.2) is 0 Å². The molecule has 0 nitrogen and oxygen atoms in total. The molecular formula is C13H20. The van der Waals surface area contributed by atoms with E-state index in [-0.39, 0.29) is 0 Å². The number of hydrogen-bond acceptors (Lipinski definition) is 0. The molecule has 13 heavy (non-hydrogen) atoms. The third kappa shape index (κ3) is 2.62. The van der Waals surface area contributed by atoms with Gasteiger partial charge in [-0.05, 0) is 32.1 Å². The van der Waals surface area contributed by atoms with Crippen molar-refractivity contribution in [2.45, 2.75) is 46.0 Å². The fourth-order valence-electron chi connectivity index (χ4n) is 2.21. The van der Waals surface area contributed by atoms with Crippen LogP contribution in [-0.4, -0.2) is 0 Å². The summed E-state index contributed by atoms with van der Waals surface area (Å²) in [6.45, 7) is 4.38. The van der Waals surface area contributed by atoms with Gasteiger partial charge in [0.2, 0.25) is 0 Å². The second-order valence-electron chi connectivity index (χ2n) is 4.03. The summed E-state index contributed by atoms with van der Waals surface area (Å²) in [5, 5.41) is 0. The number of hydrogen-bond donors (Lipinski definition) is 0. The van der Waals surface area contributed by atoms with Crippen LogP contribution in [0.5, 0.6) is 0 Å². The zero-order valence-electron chi connectivity index (χ0n) is 8.84. The first-order valence-corrected chi connectivity index (χ1v) is 5.42. The fourth-order valence-corrected chi connectivity index (χ4v) is 2.21. The van der Waals surface area contributed by atoms with E-state index in [9.17, 15) is 0 Å². The molecule has 72 valence electrons. The molecule has 0 bridgehead atoms. The SMILES string of the molecule is C#CC1CC(=CC)CC1CCCC. The van der Waals surface area contributed by atoms with Crippen LogP contribution in [0.25, 0.3) is 0 Å². The minimum atomic E-state index is 0.526. The molecule has 0 aromatic rings. The van der Waals surface area contributed by atoms with Crippen LogP contribution in [0.1, 0.15) is 46.0 Å². The molecule has 0 aliphatic heterocycles. The van der Waals surface area contributed by atoms with Crippen molar-refractivity contribution in [1.82, 2.24) is 0 Å². The predicted octanol–water partition coefficient (Wildman–Crippen LogP) is 3.78. The van der Waals surface area contributed by atoms with Crippen LogP contribution in [0.3, 0.4) is 0 Å². The summed E-state index contributed by atoms with van der Waals surface area (Å²) in [5.41, 5.74) is 1.57. The van der Waals surface area contributed by atoms with E-state index >= 15 is 0 Å². The van der Waals surface area contributed by atoms with Crippen molar-refractivity contribution in [3.05, 3.63) is 11.6 Å². The Bertz CT molecular complexity index is 217. The maximum atomic E-state index is 5.54. The highest BCUT2D eigenvalue weighted by atomic mass is 14.3.